The third-order valence-corrected chi connectivity index (χ3v) is 2.76. The average Bonchev–Trinajstić information content (AvgIpc) is 2.41. The number of hydrogen-bond donors (Lipinski definition) is 2. The summed E-state index contributed by atoms with van der Waals surface area (Å²) in [6, 6.07) is 6.80. The van der Waals surface area contributed by atoms with Crippen LogP contribution < -0.4 is 5.32 Å². The zero-order valence-electron chi connectivity index (χ0n) is 10.8. The number of aromatic carboxylic acids is 1. The molecule has 0 aromatic carbocycles. The molecule has 0 spiro atoms. The van der Waals surface area contributed by atoms with Gasteiger partial charge in [-0.3, -0.25) is 4.98 Å². The molecule has 0 atom stereocenters. The molecule has 2 heterocycles. The molecule has 19 heavy (non-hydrogen) atoms. The van der Waals surface area contributed by atoms with Crippen LogP contribution in [0.1, 0.15) is 28.7 Å². The molecule has 98 valence electrons. The van der Waals surface area contributed by atoms with Gasteiger partial charge < -0.3 is 10.4 Å². The second-order valence-corrected chi connectivity index (χ2v) is 4.15. The van der Waals surface area contributed by atoms with E-state index >= 15 is 0 Å². The summed E-state index contributed by atoms with van der Waals surface area (Å²) in [5, 5.41) is 12.2. The molecule has 0 saturated carbocycles. The predicted octanol–water partition coefficient (Wildman–Crippen LogP) is 2.79. The van der Waals surface area contributed by atoms with E-state index in [0.717, 1.165) is 17.1 Å². The number of aromatic nitrogens is 2. The first-order chi connectivity index (χ1) is 9.10. The minimum Gasteiger partial charge on any atom is -0.478 e. The van der Waals surface area contributed by atoms with Crippen molar-refractivity contribution in [3.8, 4) is 0 Å². The highest BCUT2D eigenvalue weighted by Crippen LogP contribution is 2.19. The summed E-state index contributed by atoms with van der Waals surface area (Å²) in [7, 11) is 0. The molecule has 5 nitrogen and oxygen atoms in total. The maximum atomic E-state index is 11.1. The van der Waals surface area contributed by atoms with Crippen molar-refractivity contribution in [2.24, 2.45) is 0 Å². The molecule has 0 radical (unpaired) electrons. The summed E-state index contributed by atoms with van der Waals surface area (Å²) in [5.74, 6) is -0.434. The minimum absolute atomic E-state index is 0.232. The van der Waals surface area contributed by atoms with Crippen LogP contribution in [-0.2, 0) is 6.42 Å². The largest absolute Gasteiger partial charge is 0.478 e. The molecule has 0 fully saturated rings. The highest BCUT2D eigenvalue weighted by atomic mass is 16.4. The van der Waals surface area contributed by atoms with Gasteiger partial charge in [-0.2, -0.15) is 0 Å². The number of aryl methyl sites for hydroxylation is 2. The number of nitrogens with one attached hydrogen (secondary N) is 1. The van der Waals surface area contributed by atoms with Crippen molar-refractivity contribution in [2.45, 2.75) is 20.3 Å². The van der Waals surface area contributed by atoms with Gasteiger partial charge >= 0.3 is 5.97 Å². The van der Waals surface area contributed by atoms with E-state index in [1.54, 1.807) is 12.3 Å². The number of nitrogens with zero attached hydrogens (tertiary/aromatic N) is 2. The molecule has 0 unspecified atom stereocenters. The first kappa shape index (κ1) is 13.0. The number of rotatable bonds is 4. The van der Waals surface area contributed by atoms with Crippen molar-refractivity contribution < 1.29 is 9.90 Å². The fraction of sp³-hybridized carbons (Fsp3) is 0.214. The fourth-order valence-corrected chi connectivity index (χ4v) is 1.71. The molecule has 0 bridgehead atoms. The Balaban J connectivity index is 2.37. The maximum Gasteiger partial charge on any atom is 0.335 e. The number of hydrogen-bond acceptors (Lipinski definition) is 4. The molecule has 0 aliphatic carbocycles. The standard InChI is InChI=1S/C14H15N3O2/c1-3-11-7-10(14(18)19)8-13(16-11)17-12-5-4-6-15-9(12)2/h4-8H,3H2,1-2H3,(H,16,17)(H,18,19). The highest BCUT2D eigenvalue weighted by Gasteiger charge is 2.08. The second-order valence-electron chi connectivity index (χ2n) is 4.15. The van der Waals surface area contributed by atoms with E-state index in [4.69, 9.17) is 5.11 Å². The van der Waals surface area contributed by atoms with E-state index in [2.05, 4.69) is 15.3 Å². The number of carboxylic acid groups (broad SMARTS) is 1. The summed E-state index contributed by atoms with van der Waals surface area (Å²) in [4.78, 5) is 19.6. The minimum atomic E-state index is -0.956. The molecule has 0 aliphatic rings. The van der Waals surface area contributed by atoms with Crippen molar-refractivity contribution in [3.63, 3.8) is 0 Å². The zero-order valence-corrected chi connectivity index (χ0v) is 10.8. The first-order valence-corrected chi connectivity index (χ1v) is 6.03. The Labute approximate surface area is 111 Å². The Hall–Kier alpha value is -2.43. The van der Waals surface area contributed by atoms with Gasteiger partial charge in [0.1, 0.15) is 5.82 Å². The van der Waals surface area contributed by atoms with Crippen LogP contribution in [0.15, 0.2) is 30.5 Å². The Bertz CT molecular complexity index is 611. The molecule has 2 N–H and O–H groups in total. The van der Waals surface area contributed by atoms with Crippen LogP contribution >= 0.6 is 0 Å². The Morgan fingerprint density at radius 3 is 2.84 bits per heavy atom. The van der Waals surface area contributed by atoms with Crippen LogP contribution in [0.25, 0.3) is 0 Å². The van der Waals surface area contributed by atoms with E-state index in [9.17, 15) is 4.79 Å². The Kier molecular flexibility index (Phi) is 3.75. The number of carbonyl (C=O) groups is 1. The van der Waals surface area contributed by atoms with Crippen LogP contribution in [-0.4, -0.2) is 21.0 Å². The van der Waals surface area contributed by atoms with Crippen LogP contribution in [0.2, 0.25) is 0 Å². The second kappa shape index (κ2) is 5.48. The summed E-state index contributed by atoms with van der Waals surface area (Å²) >= 11 is 0. The van der Waals surface area contributed by atoms with Crippen molar-refractivity contribution >= 4 is 17.5 Å². The van der Waals surface area contributed by atoms with Gasteiger partial charge in [-0.05, 0) is 37.6 Å². The lowest BCUT2D eigenvalue weighted by molar-refractivity contribution is 0.0696. The van der Waals surface area contributed by atoms with Crippen LogP contribution in [0.3, 0.4) is 0 Å². The lowest BCUT2D eigenvalue weighted by atomic mass is 10.2. The smallest absolute Gasteiger partial charge is 0.335 e. The number of pyridine rings is 2. The molecule has 0 saturated heterocycles. The SMILES string of the molecule is CCc1cc(C(=O)O)cc(Nc2cccnc2C)n1. The van der Waals surface area contributed by atoms with Crippen LogP contribution in [0, 0.1) is 6.92 Å². The lowest BCUT2D eigenvalue weighted by Crippen LogP contribution is -2.04. The average molecular weight is 257 g/mol. The third-order valence-electron chi connectivity index (χ3n) is 2.76. The Morgan fingerprint density at radius 2 is 2.21 bits per heavy atom. The van der Waals surface area contributed by atoms with Crippen LogP contribution in [0.5, 0.6) is 0 Å². The van der Waals surface area contributed by atoms with Gasteiger partial charge in [0.25, 0.3) is 0 Å². The van der Waals surface area contributed by atoms with E-state index < -0.39 is 5.97 Å². The molecule has 2 aromatic rings. The quantitative estimate of drug-likeness (QED) is 0.880. The van der Waals surface area contributed by atoms with Crippen molar-refractivity contribution in [1.82, 2.24) is 9.97 Å². The Morgan fingerprint density at radius 1 is 1.42 bits per heavy atom. The van der Waals surface area contributed by atoms with Gasteiger partial charge in [0.2, 0.25) is 0 Å². The first-order valence-electron chi connectivity index (χ1n) is 6.03. The van der Waals surface area contributed by atoms with Crippen molar-refractivity contribution in [2.75, 3.05) is 5.32 Å². The third kappa shape index (κ3) is 3.07. The van der Waals surface area contributed by atoms with Crippen molar-refractivity contribution in [3.05, 3.63) is 47.4 Å². The summed E-state index contributed by atoms with van der Waals surface area (Å²) < 4.78 is 0. The van der Waals surface area contributed by atoms with Gasteiger partial charge in [-0.1, -0.05) is 6.92 Å². The molecule has 0 aliphatic heterocycles. The maximum absolute atomic E-state index is 11.1. The predicted molar refractivity (Wildman–Crippen MR) is 72.8 cm³/mol. The van der Waals surface area contributed by atoms with Gasteiger partial charge in [0.15, 0.2) is 0 Å². The summed E-state index contributed by atoms with van der Waals surface area (Å²) in [6.07, 6.45) is 2.39. The molecular weight excluding hydrogens is 242 g/mol. The zero-order chi connectivity index (χ0) is 13.8. The van der Waals surface area contributed by atoms with E-state index in [-0.39, 0.29) is 5.56 Å². The van der Waals surface area contributed by atoms with E-state index in [1.165, 1.54) is 6.07 Å². The van der Waals surface area contributed by atoms with E-state index in [0.29, 0.717) is 12.2 Å². The molecule has 0 amide bonds. The van der Waals surface area contributed by atoms with Gasteiger partial charge in [-0.25, -0.2) is 9.78 Å². The molecule has 2 aromatic heterocycles. The normalized spacial score (nSPS) is 10.2. The molecule has 2 rings (SSSR count). The van der Waals surface area contributed by atoms with Gasteiger partial charge in [0.05, 0.1) is 16.9 Å². The van der Waals surface area contributed by atoms with E-state index in [1.807, 2.05) is 26.0 Å². The fourth-order valence-electron chi connectivity index (χ4n) is 1.71. The summed E-state index contributed by atoms with van der Waals surface area (Å²) in [6.45, 7) is 3.82. The monoisotopic (exact) mass is 257 g/mol. The molecule has 5 heteroatoms. The molecular formula is C14H15N3O2. The van der Waals surface area contributed by atoms with Gasteiger partial charge in [0, 0.05) is 11.9 Å². The van der Waals surface area contributed by atoms with Gasteiger partial charge in [-0.15, -0.1) is 0 Å². The number of anilines is 2. The highest BCUT2D eigenvalue weighted by molar-refractivity contribution is 5.88. The van der Waals surface area contributed by atoms with Crippen molar-refractivity contribution in [1.29, 1.82) is 0 Å². The topological polar surface area (TPSA) is 75.1 Å². The number of carboxylic acids is 1. The lowest BCUT2D eigenvalue weighted by Gasteiger charge is -2.10. The summed E-state index contributed by atoms with van der Waals surface area (Å²) in [5.41, 5.74) is 2.63. The van der Waals surface area contributed by atoms with Crippen LogP contribution in [0.4, 0.5) is 11.5 Å².